The minimum atomic E-state index is 0.0178. The maximum Gasteiger partial charge on any atom is 0.163 e. The molecule has 1 unspecified atom stereocenters. The predicted molar refractivity (Wildman–Crippen MR) is 61.0 cm³/mol. The van der Waals surface area contributed by atoms with Gasteiger partial charge < -0.3 is 19.9 Å². The number of methoxy groups -OCH3 is 1. The van der Waals surface area contributed by atoms with Crippen LogP contribution in [0.4, 0.5) is 0 Å². The third kappa shape index (κ3) is 2.13. The van der Waals surface area contributed by atoms with Gasteiger partial charge in [0.2, 0.25) is 0 Å². The molecule has 1 fully saturated rings. The maximum absolute atomic E-state index is 9.80. The van der Waals surface area contributed by atoms with Crippen molar-refractivity contribution in [1.29, 1.82) is 0 Å². The number of ether oxygens (including phenoxy) is 2. The van der Waals surface area contributed by atoms with E-state index in [2.05, 4.69) is 5.32 Å². The normalized spacial score (nSPS) is 20.8. The second-order valence-electron chi connectivity index (χ2n) is 3.95. The van der Waals surface area contributed by atoms with E-state index < -0.39 is 0 Å². The second kappa shape index (κ2) is 4.72. The molecule has 1 atom stereocenters. The molecule has 0 aromatic heterocycles. The van der Waals surface area contributed by atoms with Gasteiger partial charge in [-0.3, -0.25) is 0 Å². The Morgan fingerprint density at radius 2 is 2.31 bits per heavy atom. The topological polar surface area (TPSA) is 50.7 Å². The molecule has 2 N–H and O–H groups in total. The Hall–Kier alpha value is -1.26. The first kappa shape index (κ1) is 11.2. The molecule has 1 aromatic rings. The van der Waals surface area contributed by atoms with Crippen molar-refractivity contribution in [3.8, 4) is 11.5 Å². The average molecular weight is 223 g/mol. The van der Waals surface area contributed by atoms with Gasteiger partial charge >= 0.3 is 0 Å². The molecule has 4 heteroatoms. The Balaban J connectivity index is 2.28. The SMILES string of the molecule is COc1c(C)cc(C2CNCCO2)cc1O. The molecule has 16 heavy (non-hydrogen) atoms. The van der Waals surface area contributed by atoms with Gasteiger partial charge in [0.1, 0.15) is 0 Å². The summed E-state index contributed by atoms with van der Waals surface area (Å²) in [5.41, 5.74) is 1.91. The molecule has 0 spiro atoms. The Bertz CT molecular complexity index is 350. The van der Waals surface area contributed by atoms with E-state index in [4.69, 9.17) is 9.47 Å². The first-order valence-corrected chi connectivity index (χ1v) is 5.42. The molecule has 1 aliphatic heterocycles. The summed E-state index contributed by atoms with van der Waals surface area (Å²) in [7, 11) is 1.56. The molecular formula is C12H17NO3. The highest BCUT2D eigenvalue weighted by molar-refractivity contribution is 5.48. The summed E-state index contributed by atoms with van der Waals surface area (Å²) in [4.78, 5) is 0. The number of nitrogens with one attached hydrogen (secondary N) is 1. The molecule has 1 heterocycles. The highest BCUT2D eigenvalue weighted by Gasteiger charge is 2.18. The van der Waals surface area contributed by atoms with Gasteiger partial charge in [0.15, 0.2) is 11.5 Å². The van der Waals surface area contributed by atoms with Crippen LogP contribution in [0, 0.1) is 6.92 Å². The molecule has 0 amide bonds. The number of hydrogen-bond donors (Lipinski definition) is 2. The molecular weight excluding hydrogens is 206 g/mol. The fourth-order valence-corrected chi connectivity index (χ4v) is 2.01. The van der Waals surface area contributed by atoms with E-state index in [1.165, 1.54) is 0 Å². The van der Waals surface area contributed by atoms with E-state index in [1.807, 2.05) is 13.0 Å². The standard InChI is InChI=1S/C12H17NO3/c1-8-5-9(6-10(14)12(8)15-2)11-7-13-3-4-16-11/h5-6,11,13-14H,3-4,7H2,1-2H3. The molecule has 0 bridgehead atoms. The summed E-state index contributed by atoms with van der Waals surface area (Å²) in [6, 6.07) is 3.71. The van der Waals surface area contributed by atoms with Crippen LogP contribution in [0.3, 0.4) is 0 Å². The van der Waals surface area contributed by atoms with Crippen LogP contribution in [0.5, 0.6) is 11.5 Å². The van der Waals surface area contributed by atoms with Crippen molar-refractivity contribution < 1.29 is 14.6 Å². The lowest BCUT2D eigenvalue weighted by Gasteiger charge is -2.24. The van der Waals surface area contributed by atoms with Crippen LogP contribution in [0.2, 0.25) is 0 Å². The van der Waals surface area contributed by atoms with Gasteiger partial charge in [-0.2, -0.15) is 0 Å². The van der Waals surface area contributed by atoms with Crippen molar-refractivity contribution in [3.63, 3.8) is 0 Å². The van der Waals surface area contributed by atoms with Crippen molar-refractivity contribution in [1.82, 2.24) is 5.32 Å². The van der Waals surface area contributed by atoms with Crippen LogP contribution in [0.1, 0.15) is 17.2 Å². The van der Waals surface area contributed by atoms with Crippen LogP contribution < -0.4 is 10.1 Å². The van der Waals surface area contributed by atoms with E-state index in [9.17, 15) is 5.11 Å². The Morgan fingerprint density at radius 3 is 2.88 bits per heavy atom. The van der Waals surface area contributed by atoms with Gasteiger partial charge in [0, 0.05) is 13.1 Å². The Morgan fingerprint density at radius 1 is 1.50 bits per heavy atom. The smallest absolute Gasteiger partial charge is 0.163 e. The van der Waals surface area contributed by atoms with Crippen molar-refractivity contribution in [2.24, 2.45) is 0 Å². The fraction of sp³-hybridized carbons (Fsp3) is 0.500. The third-order valence-electron chi connectivity index (χ3n) is 2.78. The van der Waals surface area contributed by atoms with Crippen molar-refractivity contribution >= 4 is 0 Å². The van der Waals surface area contributed by atoms with E-state index in [0.717, 1.165) is 24.2 Å². The van der Waals surface area contributed by atoms with E-state index in [-0.39, 0.29) is 11.9 Å². The molecule has 1 saturated heterocycles. The second-order valence-corrected chi connectivity index (χ2v) is 3.95. The zero-order valence-corrected chi connectivity index (χ0v) is 9.62. The zero-order chi connectivity index (χ0) is 11.5. The van der Waals surface area contributed by atoms with Crippen LogP contribution in [0.25, 0.3) is 0 Å². The van der Waals surface area contributed by atoms with Crippen LogP contribution in [-0.2, 0) is 4.74 Å². The first-order chi connectivity index (χ1) is 7.72. The van der Waals surface area contributed by atoms with E-state index in [1.54, 1.807) is 13.2 Å². The van der Waals surface area contributed by atoms with Crippen molar-refractivity contribution in [2.75, 3.05) is 26.8 Å². The van der Waals surface area contributed by atoms with Crippen LogP contribution >= 0.6 is 0 Å². The largest absolute Gasteiger partial charge is 0.504 e. The maximum atomic E-state index is 9.80. The van der Waals surface area contributed by atoms with Gasteiger partial charge in [-0.05, 0) is 30.2 Å². The number of rotatable bonds is 2. The average Bonchev–Trinajstić information content (AvgIpc) is 2.30. The number of hydrogen-bond acceptors (Lipinski definition) is 4. The number of phenolic OH excluding ortho intramolecular Hbond substituents is 1. The highest BCUT2D eigenvalue weighted by Crippen LogP contribution is 2.34. The summed E-state index contributed by atoms with van der Waals surface area (Å²) in [6.07, 6.45) is 0.0178. The lowest BCUT2D eigenvalue weighted by atomic mass is 10.0. The molecule has 1 aliphatic rings. The van der Waals surface area contributed by atoms with Crippen molar-refractivity contribution in [2.45, 2.75) is 13.0 Å². The van der Waals surface area contributed by atoms with Crippen LogP contribution in [-0.4, -0.2) is 31.9 Å². The lowest BCUT2D eigenvalue weighted by Crippen LogP contribution is -2.33. The van der Waals surface area contributed by atoms with Gasteiger partial charge in [0.05, 0.1) is 19.8 Å². The molecule has 0 saturated carbocycles. The number of benzene rings is 1. The van der Waals surface area contributed by atoms with Gasteiger partial charge in [-0.25, -0.2) is 0 Å². The summed E-state index contributed by atoms with van der Waals surface area (Å²) in [5, 5.41) is 13.1. The predicted octanol–water partition coefficient (Wildman–Crippen LogP) is 1.37. The molecule has 88 valence electrons. The summed E-state index contributed by atoms with van der Waals surface area (Å²) >= 11 is 0. The van der Waals surface area contributed by atoms with E-state index in [0.29, 0.717) is 12.4 Å². The molecule has 0 aliphatic carbocycles. The third-order valence-corrected chi connectivity index (χ3v) is 2.78. The Kier molecular flexibility index (Phi) is 3.31. The number of phenols is 1. The molecule has 4 nitrogen and oxygen atoms in total. The summed E-state index contributed by atoms with van der Waals surface area (Å²) < 4.78 is 10.7. The van der Waals surface area contributed by atoms with Crippen molar-refractivity contribution in [3.05, 3.63) is 23.3 Å². The quantitative estimate of drug-likeness (QED) is 0.795. The summed E-state index contributed by atoms with van der Waals surface area (Å²) in [5.74, 6) is 0.708. The monoisotopic (exact) mass is 223 g/mol. The van der Waals surface area contributed by atoms with Crippen LogP contribution in [0.15, 0.2) is 12.1 Å². The summed E-state index contributed by atoms with van der Waals surface area (Å²) in [6.45, 7) is 4.29. The minimum Gasteiger partial charge on any atom is -0.504 e. The van der Waals surface area contributed by atoms with E-state index >= 15 is 0 Å². The van der Waals surface area contributed by atoms with Gasteiger partial charge in [-0.15, -0.1) is 0 Å². The highest BCUT2D eigenvalue weighted by atomic mass is 16.5. The lowest BCUT2D eigenvalue weighted by molar-refractivity contribution is 0.0275. The number of aryl methyl sites for hydroxylation is 1. The molecule has 0 radical (unpaired) electrons. The van der Waals surface area contributed by atoms with Gasteiger partial charge in [-0.1, -0.05) is 0 Å². The first-order valence-electron chi connectivity index (χ1n) is 5.42. The van der Waals surface area contributed by atoms with Gasteiger partial charge in [0.25, 0.3) is 0 Å². The molecule has 2 rings (SSSR count). The zero-order valence-electron chi connectivity index (χ0n) is 9.62. The fourth-order valence-electron chi connectivity index (χ4n) is 2.01. The number of morpholine rings is 1. The molecule has 1 aromatic carbocycles. The number of aromatic hydroxyl groups is 1. The minimum absolute atomic E-state index is 0.0178. The Labute approximate surface area is 95.2 Å².